The molecule has 1 aromatic heterocycles. The molecule has 0 radical (unpaired) electrons. The third-order valence-corrected chi connectivity index (χ3v) is 7.34. The van der Waals surface area contributed by atoms with Crippen molar-refractivity contribution in [2.45, 2.75) is 56.9 Å². The van der Waals surface area contributed by atoms with Crippen molar-refractivity contribution in [3.05, 3.63) is 51.2 Å². The maximum atomic E-state index is 13.2. The summed E-state index contributed by atoms with van der Waals surface area (Å²) in [4.78, 5) is 16.5. The minimum Gasteiger partial charge on any atom is -0.336 e. The van der Waals surface area contributed by atoms with E-state index in [1.165, 1.54) is 10.9 Å². The number of hydrogen-bond acceptors (Lipinski definition) is 4. The fourth-order valence-electron chi connectivity index (χ4n) is 3.74. The van der Waals surface area contributed by atoms with E-state index in [0.29, 0.717) is 17.7 Å². The molecule has 1 unspecified atom stereocenters. The Hall–Kier alpha value is -1.70. The van der Waals surface area contributed by atoms with Gasteiger partial charge in [0.25, 0.3) is 5.91 Å². The molecule has 0 bridgehead atoms. The highest BCUT2D eigenvalue weighted by molar-refractivity contribution is 7.89. The van der Waals surface area contributed by atoms with E-state index < -0.39 is 10.0 Å². The van der Waals surface area contributed by atoms with E-state index in [1.807, 2.05) is 17.9 Å². The molecule has 1 aliphatic rings. The summed E-state index contributed by atoms with van der Waals surface area (Å²) in [5.74, 6) is -0.0983. The molecular formula is C20H26N2O3S2. The number of thiophene rings is 1. The van der Waals surface area contributed by atoms with Crippen LogP contribution in [0.25, 0.3) is 0 Å². The highest BCUT2D eigenvalue weighted by Crippen LogP contribution is 2.27. The lowest BCUT2D eigenvalue weighted by molar-refractivity contribution is 0.0602. The van der Waals surface area contributed by atoms with Gasteiger partial charge in [0.05, 0.1) is 4.90 Å². The number of amides is 1. The number of nitrogens with zero attached hydrogens (tertiary/aromatic N) is 1. The second kappa shape index (κ2) is 8.12. The van der Waals surface area contributed by atoms with Gasteiger partial charge in [0, 0.05) is 23.0 Å². The number of likely N-dealkylation sites (tertiary alicyclic amines) is 1. The zero-order valence-corrected chi connectivity index (χ0v) is 17.4. The zero-order valence-electron chi connectivity index (χ0n) is 15.8. The fraction of sp³-hybridized carbons (Fsp3) is 0.450. The van der Waals surface area contributed by atoms with Crippen LogP contribution >= 0.6 is 11.3 Å². The Bertz CT molecular complexity index is 921. The molecule has 1 aromatic carbocycles. The van der Waals surface area contributed by atoms with Crippen molar-refractivity contribution >= 4 is 27.3 Å². The van der Waals surface area contributed by atoms with Crippen molar-refractivity contribution in [1.82, 2.24) is 4.90 Å². The average Bonchev–Trinajstić information content (AvgIpc) is 3.14. The topological polar surface area (TPSA) is 80.5 Å². The molecule has 2 aromatic rings. The summed E-state index contributed by atoms with van der Waals surface area (Å²) >= 11 is 1.74. The Labute approximate surface area is 165 Å². The summed E-state index contributed by atoms with van der Waals surface area (Å²) in [5.41, 5.74) is 1.77. The molecule has 0 spiro atoms. The molecule has 1 fully saturated rings. The molecular weight excluding hydrogens is 380 g/mol. The van der Waals surface area contributed by atoms with Gasteiger partial charge in [0.2, 0.25) is 10.0 Å². The molecule has 7 heteroatoms. The van der Waals surface area contributed by atoms with Gasteiger partial charge in [-0.25, -0.2) is 13.6 Å². The molecule has 5 nitrogen and oxygen atoms in total. The van der Waals surface area contributed by atoms with Gasteiger partial charge < -0.3 is 4.90 Å². The van der Waals surface area contributed by atoms with Gasteiger partial charge >= 0.3 is 0 Å². The number of piperidine rings is 1. The fourth-order valence-corrected chi connectivity index (χ4v) is 5.35. The van der Waals surface area contributed by atoms with E-state index in [1.54, 1.807) is 24.3 Å². The molecule has 3 rings (SSSR count). The van der Waals surface area contributed by atoms with Crippen LogP contribution in [0.2, 0.25) is 0 Å². The predicted molar refractivity (Wildman–Crippen MR) is 109 cm³/mol. The number of sulfonamides is 1. The van der Waals surface area contributed by atoms with E-state index >= 15 is 0 Å². The summed E-state index contributed by atoms with van der Waals surface area (Å²) in [5, 5.41) is 7.42. The quantitative estimate of drug-likeness (QED) is 0.823. The second-order valence-electron chi connectivity index (χ2n) is 7.23. The van der Waals surface area contributed by atoms with Gasteiger partial charge in [-0.15, -0.1) is 11.3 Å². The average molecular weight is 407 g/mol. The Kier molecular flexibility index (Phi) is 6.03. The number of nitrogens with two attached hydrogens (primary N) is 1. The van der Waals surface area contributed by atoms with Crippen molar-refractivity contribution in [3.8, 4) is 0 Å². The van der Waals surface area contributed by atoms with E-state index in [9.17, 15) is 13.2 Å². The van der Waals surface area contributed by atoms with Crippen LogP contribution < -0.4 is 5.14 Å². The first-order valence-corrected chi connectivity index (χ1v) is 11.7. The standard InChI is InChI=1S/C20H26N2O3S2/c1-14-12-16(13-19(15(14)2)27(21,24)25)20(23)22-10-4-3-6-17(22)8-9-18-7-5-11-26-18/h5,7,11-13,17H,3-4,6,8-10H2,1-2H3,(H2,21,24,25). The summed E-state index contributed by atoms with van der Waals surface area (Å²) < 4.78 is 23.8. The van der Waals surface area contributed by atoms with Gasteiger partial charge in [0.1, 0.15) is 0 Å². The smallest absolute Gasteiger partial charge is 0.254 e. The Morgan fingerprint density at radius 3 is 2.74 bits per heavy atom. The minimum absolute atomic E-state index is 0.0398. The summed E-state index contributed by atoms with van der Waals surface area (Å²) in [6.45, 7) is 4.24. The first kappa shape index (κ1) is 20.0. The summed E-state index contributed by atoms with van der Waals surface area (Å²) in [6.07, 6.45) is 4.98. The van der Waals surface area contributed by atoms with Crippen molar-refractivity contribution < 1.29 is 13.2 Å². The Morgan fingerprint density at radius 1 is 1.30 bits per heavy atom. The summed E-state index contributed by atoms with van der Waals surface area (Å²) in [6, 6.07) is 7.57. The minimum atomic E-state index is -3.87. The predicted octanol–water partition coefficient (Wildman–Crippen LogP) is 3.64. The van der Waals surface area contributed by atoms with Crippen LogP contribution in [0.4, 0.5) is 0 Å². The molecule has 0 aliphatic carbocycles. The van der Waals surface area contributed by atoms with Crippen molar-refractivity contribution in [2.24, 2.45) is 5.14 Å². The molecule has 1 aliphatic heterocycles. The van der Waals surface area contributed by atoms with Crippen LogP contribution in [-0.2, 0) is 16.4 Å². The highest BCUT2D eigenvalue weighted by Gasteiger charge is 2.28. The second-order valence-corrected chi connectivity index (χ2v) is 9.79. The number of carbonyl (C=O) groups excluding carboxylic acids is 1. The molecule has 27 heavy (non-hydrogen) atoms. The molecule has 0 saturated carbocycles. The number of benzene rings is 1. The number of rotatable bonds is 5. The van der Waals surface area contributed by atoms with Gasteiger partial charge in [-0.05, 0) is 80.7 Å². The van der Waals surface area contributed by atoms with Crippen molar-refractivity contribution in [2.75, 3.05) is 6.54 Å². The maximum Gasteiger partial charge on any atom is 0.254 e. The first-order valence-electron chi connectivity index (χ1n) is 9.25. The van der Waals surface area contributed by atoms with Crippen LogP contribution in [0.1, 0.15) is 52.0 Å². The number of primary sulfonamides is 1. The monoisotopic (exact) mass is 406 g/mol. The van der Waals surface area contributed by atoms with Gasteiger partial charge in [-0.3, -0.25) is 4.79 Å². The molecule has 2 heterocycles. The lowest BCUT2D eigenvalue weighted by Crippen LogP contribution is -2.44. The zero-order chi connectivity index (χ0) is 19.6. The van der Waals surface area contributed by atoms with Gasteiger partial charge in [0.15, 0.2) is 0 Å². The van der Waals surface area contributed by atoms with Crippen LogP contribution in [-0.4, -0.2) is 31.8 Å². The van der Waals surface area contributed by atoms with Crippen LogP contribution in [0.15, 0.2) is 34.5 Å². The number of hydrogen-bond donors (Lipinski definition) is 1. The SMILES string of the molecule is Cc1cc(C(=O)N2CCCCC2CCc2cccs2)cc(S(N)(=O)=O)c1C. The molecule has 146 valence electrons. The molecule has 1 atom stereocenters. The van der Waals surface area contributed by atoms with Crippen LogP contribution in [0, 0.1) is 13.8 Å². The lowest BCUT2D eigenvalue weighted by Gasteiger charge is -2.36. The lowest BCUT2D eigenvalue weighted by atomic mass is 9.96. The molecule has 1 amide bonds. The number of aryl methyl sites for hydroxylation is 2. The van der Waals surface area contributed by atoms with Crippen molar-refractivity contribution in [3.63, 3.8) is 0 Å². The summed E-state index contributed by atoms with van der Waals surface area (Å²) in [7, 11) is -3.87. The largest absolute Gasteiger partial charge is 0.336 e. The van der Waals surface area contributed by atoms with Crippen LogP contribution in [0.5, 0.6) is 0 Å². The first-order chi connectivity index (χ1) is 12.8. The van der Waals surface area contributed by atoms with E-state index in [4.69, 9.17) is 5.14 Å². The molecule has 2 N–H and O–H groups in total. The van der Waals surface area contributed by atoms with Gasteiger partial charge in [-0.2, -0.15) is 0 Å². The normalized spacial score (nSPS) is 17.9. The van der Waals surface area contributed by atoms with Gasteiger partial charge in [-0.1, -0.05) is 6.07 Å². The van der Waals surface area contributed by atoms with E-state index in [2.05, 4.69) is 11.4 Å². The third-order valence-electron chi connectivity index (χ3n) is 5.37. The third kappa shape index (κ3) is 4.59. The highest BCUT2D eigenvalue weighted by atomic mass is 32.2. The van der Waals surface area contributed by atoms with Crippen molar-refractivity contribution in [1.29, 1.82) is 0 Å². The maximum absolute atomic E-state index is 13.2. The Balaban J connectivity index is 1.85. The van der Waals surface area contributed by atoms with E-state index in [0.717, 1.165) is 37.7 Å². The number of carbonyl (C=O) groups is 1. The van der Waals surface area contributed by atoms with E-state index in [-0.39, 0.29) is 16.8 Å². The van der Waals surface area contributed by atoms with Crippen LogP contribution in [0.3, 0.4) is 0 Å². The molecule has 1 saturated heterocycles. The Morgan fingerprint density at radius 2 is 2.07 bits per heavy atom.